The van der Waals surface area contributed by atoms with Crippen LogP contribution in [-0.2, 0) is 0 Å². The highest BCUT2D eigenvalue weighted by atomic mass is 32.1. The number of hydrogen-bond donors (Lipinski definition) is 1. The van der Waals surface area contributed by atoms with Gasteiger partial charge in [-0.05, 0) is 54.8 Å². The third kappa shape index (κ3) is 4.11. The zero-order valence-corrected chi connectivity index (χ0v) is 15.3. The Labute approximate surface area is 147 Å². The van der Waals surface area contributed by atoms with Crippen molar-refractivity contribution in [1.82, 2.24) is 0 Å². The topological polar surface area (TPSA) is 20.2 Å². The molecule has 0 aliphatic rings. The van der Waals surface area contributed by atoms with Crippen LogP contribution in [0.3, 0.4) is 0 Å². The van der Waals surface area contributed by atoms with Crippen LogP contribution in [0.4, 0.5) is 4.39 Å². The standard InChI is InChI=1S/C19H17FOS.C2H6/c1-12-3-4-13(2)16(11-12)19(21)18-10-9-17(22-18)14-5-7-15(20)8-6-14;1-2/h3-11,19,21H,1-2H3;1-2H3. The summed E-state index contributed by atoms with van der Waals surface area (Å²) >= 11 is 1.54. The monoisotopic (exact) mass is 342 g/mol. The lowest BCUT2D eigenvalue weighted by atomic mass is 10.00. The van der Waals surface area contributed by atoms with Crippen LogP contribution in [0.1, 0.15) is 41.5 Å². The lowest BCUT2D eigenvalue weighted by Crippen LogP contribution is -2.00. The molecule has 0 aliphatic heterocycles. The Hall–Kier alpha value is -1.97. The van der Waals surface area contributed by atoms with Gasteiger partial charge in [0.2, 0.25) is 0 Å². The van der Waals surface area contributed by atoms with E-state index in [0.717, 1.165) is 32.0 Å². The quantitative estimate of drug-likeness (QED) is 0.594. The van der Waals surface area contributed by atoms with Crippen molar-refractivity contribution in [3.05, 3.63) is 82.0 Å². The average Bonchev–Trinajstić information content (AvgIpc) is 3.09. The van der Waals surface area contributed by atoms with Crippen molar-refractivity contribution in [2.24, 2.45) is 0 Å². The van der Waals surface area contributed by atoms with E-state index in [0.29, 0.717) is 0 Å². The molecule has 24 heavy (non-hydrogen) atoms. The van der Waals surface area contributed by atoms with Gasteiger partial charge in [0.15, 0.2) is 0 Å². The number of rotatable bonds is 3. The molecule has 0 amide bonds. The number of aliphatic hydroxyl groups excluding tert-OH is 1. The first-order chi connectivity index (χ1) is 11.5. The van der Waals surface area contributed by atoms with Crippen molar-refractivity contribution in [3.8, 4) is 10.4 Å². The van der Waals surface area contributed by atoms with Gasteiger partial charge in [-0.25, -0.2) is 4.39 Å². The highest BCUT2D eigenvalue weighted by Crippen LogP contribution is 2.35. The zero-order chi connectivity index (χ0) is 17.7. The van der Waals surface area contributed by atoms with E-state index in [9.17, 15) is 9.50 Å². The summed E-state index contributed by atoms with van der Waals surface area (Å²) in [6.07, 6.45) is -0.626. The minimum absolute atomic E-state index is 0.240. The van der Waals surface area contributed by atoms with Crippen LogP contribution in [0.2, 0.25) is 0 Å². The van der Waals surface area contributed by atoms with Crippen LogP contribution < -0.4 is 0 Å². The maximum Gasteiger partial charge on any atom is 0.123 e. The fourth-order valence-electron chi connectivity index (χ4n) is 2.48. The Kier molecular flexibility index (Phi) is 6.29. The minimum Gasteiger partial charge on any atom is -0.383 e. The van der Waals surface area contributed by atoms with Gasteiger partial charge in [-0.15, -0.1) is 11.3 Å². The molecule has 3 rings (SSSR count). The van der Waals surface area contributed by atoms with Gasteiger partial charge in [-0.3, -0.25) is 0 Å². The fourth-order valence-corrected chi connectivity index (χ4v) is 3.50. The third-order valence-electron chi connectivity index (χ3n) is 3.75. The highest BCUT2D eigenvalue weighted by molar-refractivity contribution is 7.15. The average molecular weight is 342 g/mol. The first-order valence-corrected chi connectivity index (χ1v) is 8.97. The molecular weight excluding hydrogens is 319 g/mol. The van der Waals surface area contributed by atoms with Crippen molar-refractivity contribution >= 4 is 11.3 Å². The largest absolute Gasteiger partial charge is 0.383 e. The lowest BCUT2D eigenvalue weighted by Gasteiger charge is -2.13. The van der Waals surface area contributed by atoms with Gasteiger partial charge in [-0.2, -0.15) is 0 Å². The number of thiophene rings is 1. The summed E-state index contributed by atoms with van der Waals surface area (Å²) in [5, 5.41) is 10.7. The molecule has 3 aromatic rings. The van der Waals surface area contributed by atoms with Gasteiger partial charge in [-0.1, -0.05) is 49.7 Å². The maximum absolute atomic E-state index is 13.0. The molecule has 0 bridgehead atoms. The van der Waals surface area contributed by atoms with Gasteiger partial charge in [0.1, 0.15) is 11.9 Å². The smallest absolute Gasteiger partial charge is 0.123 e. The Morgan fingerprint density at radius 1 is 0.917 bits per heavy atom. The Balaban J connectivity index is 0.00000100. The van der Waals surface area contributed by atoms with Crippen LogP contribution in [0, 0.1) is 19.7 Å². The lowest BCUT2D eigenvalue weighted by molar-refractivity contribution is 0.223. The van der Waals surface area contributed by atoms with E-state index in [1.165, 1.54) is 23.5 Å². The van der Waals surface area contributed by atoms with Crippen LogP contribution in [0.25, 0.3) is 10.4 Å². The van der Waals surface area contributed by atoms with Crippen molar-refractivity contribution < 1.29 is 9.50 Å². The molecule has 0 saturated heterocycles. The predicted molar refractivity (Wildman–Crippen MR) is 101 cm³/mol. The summed E-state index contributed by atoms with van der Waals surface area (Å²) in [6, 6.07) is 16.4. The second-order valence-corrected chi connectivity index (χ2v) is 6.59. The van der Waals surface area contributed by atoms with E-state index < -0.39 is 6.10 Å². The van der Waals surface area contributed by atoms with E-state index in [1.54, 1.807) is 12.1 Å². The molecular formula is C21H23FOS. The van der Waals surface area contributed by atoms with Gasteiger partial charge in [0.25, 0.3) is 0 Å². The molecule has 0 spiro atoms. The Morgan fingerprint density at radius 2 is 1.58 bits per heavy atom. The van der Waals surface area contributed by atoms with E-state index in [-0.39, 0.29) is 5.82 Å². The van der Waals surface area contributed by atoms with E-state index in [1.807, 2.05) is 58.0 Å². The molecule has 2 aromatic carbocycles. The summed E-state index contributed by atoms with van der Waals surface area (Å²) in [5.74, 6) is -0.240. The van der Waals surface area contributed by atoms with Gasteiger partial charge >= 0.3 is 0 Å². The molecule has 3 heteroatoms. The first kappa shape index (κ1) is 18.4. The van der Waals surface area contributed by atoms with Gasteiger partial charge in [0, 0.05) is 9.75 Å². The van der Waals surface area contributed by atoms with Gasteiger partial charge < -0.3 is 5.11 Å². The molecule has 1 nitrogen and oxygen atoms in total. The van der Waals surface area contributed by atoms with Crippen molar-refractivity contribution in [2.75, 3.05) is 0 Å². The molecule has 126 valence electrons. The normalized spacial score (nSPS) is 11.6. The predicted octanol–water partition coefficient (Wildman–Crippen LogP) is 6.28. The molecule has 1 aromatic heterocycles. The van der Waals surface area contributed by atoms with Crippen molar-refractivity contribution in [3.63, 3.8) is 0 Å². The van der Waals surface area contributed by atoms with Crippen LogP contribution in [-0.4, -0.2) is 5.11 Å². The number of aliphatic hydroxyl groups is 1. The van der Waals surface area contributed by atoms with Crippen LogP contribution in [0.15, 0.2) is 54.6 Å². The molecule has 1 heterocycles. The summed E-state index contributed by atoms with van der Waals surface area (Å²) in [6.45, 7) is 8.03. The maximum atomic E-state index is 13.0. The summed E-state index contributed by atoms with van der Waals surface area (Å²) in [7, 11) is 0. The summed E-state index contributed by atoms with van der Waals surface area (Å²) in [5.41, 5.74) is 4.11. The zero-order valence-electron chi connectivity index (χ0n) is 14.5. The minimum atomic E-state index is -0.626. The number of aryl methyl sites for hydroxylation is 2. The Bertz CT molecular complexity index is 790. The third-order valence-corrected chi connectivity index (χ3v) is 4.94. The van der Waals surface area contributed by atoms with E-state index in [2.05, 4.69) is 0 Å². The highest BCUT2D eigenvalue weighted by Gasteiger charge is 2.16. The van der Waals surface area contributed by atoms with Crippen molar-refractivity contribution in [1.29, 1.82) is 0 Å². The van der Waals surface area contributed by atoms with Crippen molar-refractivity contribution in [2.45, 2.75) is 33.8 Å². The molecule has 0 fully saturated rings. The molecule has 1 atom stereocenters. The number of halogens is 1. The number of benzene rings is 2. The SMILES string of the molecule is CC.Cc1ccc(C)c(C(O)c2ccc(-c3ccc(F)cc3)s2)c1. The van der Waals surface area contributed by atoms with E-state index >= 15 is 0 Å². The Morgan fingerprint density at radius 3 is 2.25 bits per heavy atom. The van der Waals surface area contributed by atoms with E-state index in [4.69, 9.17) is 0 Å². The number of hydrogen-bond acceptors (Lipinski definition) is 2. The molecule has 1 N–H and O–H groups in total. The van der Waals surface area contributed by atoms with Crippen LogP contribution in [0.5, 0.6) is 0 Å². The molecule has 0 aliphatic carbocycles. The molecule has 0 radical (unpaired) electrons. The second-order valence-electron chi connectivity index (χ2n) is 5.47. The fraction of sp³-hybridized carbons (Fsp3) is 0.238. The molecule has 1 unspecified atom stereocenters. The summed E-state index contributed by atoms with van der Waals surface area (Å²) in [4.78, 5) is 1.92. The first-order valence-electron chi connectivity index (χ1n) is 8.15. The molecule has 0 saturated carbocycles. The second kappa shape index (κ2) is 8.22. The van der Waals surface area contributed by atoms with Crippen LogP contribution >= 0.6 is 11.3 Å². The summed E-state index contributed by atoms with van der Waals surface area (Å²) < 4.78 is 13.0. The van der Waals surface area contributed by atoms with Gasteiger partial charge in [0.05, 0.1) is 0 Å².